The molecule has 5 nitrogen and oxygen atoms in total. The van der Waals surface area contributed by atoms with Crippen LogP contribution in [-0.2, 0) is 9.59 Å². The van der Waals surface area contributed by atoms with Crippen molar-refractivity contribution in [1.82, 2.24) is 5.32 Å². The second-order valence-electron chi connectivity index (χ2n) is 4.02. The van der Waals surface area contributed by atoms with Gasteiger partial charge in [-0.3, -0.25) is 9.59 Å². The van der Waals surface area contributed by atoms with Crippen LogP contribution in [0.25, 0.3) is 6.08 Å². The van der Waals surface area contributed by atoms with Crippen LogP contribution in [0, 0.1) is 0 Å². The predicted octanol–water partition coefficient (Wildman–Crippen LogP) is 2.34. The molecule has 0 fully saturated rings. The van der Waals surface area contributed by atoms with Gasteiger partial charge in [-0.15, -0.1) is 0 Å². The summed E-state index contributed by atoms with van der Waals surface area (Å²) in [6.45, 7) is 3.73. The van der Waals surface area contributed by atoms with Crippen molar-refractivity contribution in [3.05, 3.63) is 34.9 Å². The first-order chi connectivity index (χ1) is 9.43. The molecule has 0 radical (unpaired) electrons. The highest BCUT2D eigenvalue weighted by molar-refractivity contribution is 6.30. The minimum atomic E-state index is -1.09. The molecule has 0 saturated heterocycles. The number of carbonyl (C=O) groups excluding carboxylic acids is 1. The maximum Gasteiger partial charge on any atom is 0.325 e. The molecule has 6 heteroatoms. The summed E-state index contributed by atoms with van der Waals surface area (Å²) < 4.78 is 5.41. The Morgan fingerprint density at radius 1 is 1.50 bits per heavy atom. The quantitative estimate of drug-likeness (QED) is 0.790. The molecule has 0 bridgehead atoms. The third kappa shape index (κ3) is 4.93. The molecule has 1 unspecified atom stereocenters. The van der Waals surface area contributed by atoms with Gasteiger partial charge >= 0.3 is 5.97 Å². The van der Waals surface area contributed by atoms with Gasteiger partial charge < -0.3 is 15.2 Å². The van der Waals surface area contributed by atoms with Crippen LogP contribution >= 0.6 is 11.6 Å². The molecule has 1 amide bonds. The summed E-state index contributed by atoms with van der Waals surface area (Å²) in [6.07, 6.45) is 2.77. The number of carboxylic acids is 1. The smallest absolute Gasteiger partial charge is 0.325 e. The molecule has 0 heterocycles. The fourth-order valence-electron chi connectivity index (χ4n) is 1.43. The van der Waals surface area contributed by atoms with Crippen LogP contribution in [0.3, 0.4) is 0 Å². The fourth-order valence-corrected chi connectivity index (χ4v) is 1.61. The van der Waals surface area contributed by atoms with E-state index in [0.717, 1.165) is 0 Å². The van der Waals surface area contributed by atoms with Crippen LogP contribution in [0.4, 0.5) is 0 Å². The summed E-state index contributed by atoms with van der Waals surface area (Å²) >= 11 is 5.89. The third-order valence-corrected chi connectivity index (χ3v) is 2.65. The van der Waals surface area contributed by atoms with Crippen LogP contribution in [0.5, 0.6) is 5.75 Å². The molecule has 2 N–H and O–H groups in total. The summed E-state index contributed by atoms with van der Waals surface area (Å²) in [7, 11) is 0. The topological polar surface area (TPSA) is 75.6 Å². The molecule has 0 spiro atoms. The average Bonchev–Trinajstić information content (AvgIpc) is 2.39. The lowest BCUT2D eigenvalue weighted by molar-refractivity contribution is -0.140. The number of carboxylic acid groups (broad SMARTS) is 1. The predicted molar refractivity (Wildman–Crippen MR) is 76.9 cm³/mol. The van der Waals surface area contributed by atoms with Crippen molar-refractivity contribution in [2.75, 3.05) is 6.61 Å². The zero-order valence-electron chi connectivity index (χ0n) is 11.2. The summed E-state index contributed by atoms with van der Waals surface area (Å²) in [5.41, 5.74) is 0.650. The van der Waals surface area contributed by atoms with Gasteiger partial charge in [-0.05, 0) is 38.1 Å². The lowest BCUT2D eigenvalue weighted by Gasteiger charge is -2.08. The highest BCUT2D eigenvalue weighted by Gasteiger charge is 2.12. The van der Waals surface area contributed by atoms with Crippen LogP contribution in [0.15, 0.2) is 24.3 Å². The molecule has 0 aliphatic carbocycles. The molecule has 0 aliphatic rings. The molecular weight excluding hydrogens is 282 g/mol. The summed E-state index contributed by atoms with van der Waals surface area (Å²) in [5.74, 6) is -0.987. The van der Waals surface area contributed by atoms with E-state index in [2.05, 4.69) is 5.32 Å². The van der Waals surface area contributed by atoms with Crippen molar-refractivity contribution in [3.63, 3.8) is 0 Å². The van der Waals surface area contributed by atoms with Crippen molar-refractivity contribution in [2.24, 2.45) is 0 Å². The van der Waals surface area contributed by atoms with Gasteiger partial charge in [0.1, 0.15) is 11.8 Å². The van der Waals surface area contributed by atoms with Crippen molar-refractivity contribution in [1.29, 1.82) is 0 Å². The Morgan fingerprint density at radius 3 is 2.80 bits per heavy atom. The van der Waals surface area contributed by atoms with Crippen LogP contribution in [0.1, 0.15) is 19.4 Å². The third-order valence-electron chi connectivity index (χ3n) is 2.42. The first kappa shape index (κ1) is 16.0. The monoisotopic (exact) mass is 297 g/mol. The minimum absolute atomic E-state index is 0.491. The number of benzene rings is 1. The number of carbonyl (C=O) groups is 2. The number of hydrogen-bond acceptors (Lipinski definition) is 3. The van der Waals surface area contributed by atoms with Gasteiger partial charge in [0.05, 0.1) is 6.61 Å². The van der Waals surface area contributed by atoms with E-state index in [1.807, 2.05) is 6.92 Å². The van der Waals surface area contributed by atoms with E-state index in [4.69, 9.17) is 21.4 Å². The SMILES string of the molecule is CCOc1ccc(Cl)cc1/C=C/C(=O)NC(C)C(=O)O. The zero-order chi connectivity index (χ0) is 15.1. The largest absolute Gasteiger partial charge is 0.493 e. The van der Waals surface area contributed by atoms with Crippen molar-refractivity contribution in [2.45, 2.75) is 19.9 Å². The van der Waals surface area contributed by atoms with Gasteiger partial charge in [0.25, 0.3) is 0 Å². The Balaban J connectivity index is 2.81. The first-order valence-electron chi connectivity index (χ1n) is 6.07. The van der Waals surface area contributed by atoms with E-state index in [1.165, 1.54) is 19.1 Å². The molecule has 0 aromatic heterocycles. The van der Waals surface area contributed by atoms with Gasteiger partial charge in [-0.25, -0.2) is 0 Å². The van der Waals surface area contributed by atoms with Gasteiger partial charge in [0, 0.05) is 16.7 Å². The molecule has 1 aromatic rings. The number of nitrogens with one attached hydrogen (secondary N) is 1. The van der Waals surface area contributed by atoms with Crippen molar-refractivity contribution >= 4 is 29.6 Å². The Hall–Kier alpha value is -2.01. The van der Waals surface area contributed by atoms with E-state index >= 15 is 0 Å². The molecule has 0 aliphatic heterocycles. The summed E-state index contributed by atoms with van der Waals surface area (Å²) in [6, 6.07) is 4.12. The number of amides is 1. The highest BCUT2D eigenvalue weighted by Crippen LogP contribution is 2.24. The Morgan fingerprint density at radius 2 is 2.20 bits per heavy atom. The average molecular weight is 298 g/mol. The van der Waals surface area contributed by atoms with Crippen molar-refractivity contribution < 1.29 is 19.4 Å². The lowest BCUT2D eigenvalue weighted by Crippen LogP contribution is -2.37. The molecule has 20 heavy (non-hydrogen) atoms. The number of halogens is 1. The molecule has 1 atom stereocenters. The Labute approximate surface area is 122 Å². The Bertz CT molecular complexity index is 528. The maximum absolute atomic E-state index is 11.6. The highest BCUT2D eigenvalue weighted by atomic mass is 35.5. The minimum Gasteiger partial charge on any atom is -0.493 e. The second kappa shape index (κ2) is 7.55. The second-order valence-corrected chi connectivity index (χ2v) is 4.45. The number of rotatable bonds is 6. The van der Waals surface area contributed by atoms with Crippen LogP contribution < -0.4 is 10.1 Å². The number of ether oxygens (including phenoxy) is 1. The van der Waals surface area contributed by atoms with Gasteiger partial charge in [0.2, 0.25) is 5.91 Å². The van der Waals surface area contributed by atoms with E-state index in [1.54, 1.807) is 18.2 Å². The summed E-state index contributed by atoms with van der Waals surface area (Å²) in [5, 5.41) is 11.5. The molecular formula is C14H16ClNO4. The van der Waals surface area contributed by atoms with Gasteiger partial charge in [-0.1, -0.05) is 11.6 Å². The van der Waals surface area contributed by atoms with E-state index in [0.29, 0.717) is 22.9 Å². The van der Waals surface area contributed by atoms with Crippen molar-refractivity contribution in [3.8, 4) is 5.75 Å². The first-order valence-corrected chi connectivity index (χ1v) is 6.45. The Kier molecular flexibility index (Phi) is 6.06. The van der Waals surface area contributed by atoms with Crippen LogP contribution in [-0.4, -0.2) is 29.6 Å². The van der Waals surface area contributed by atoms with Crippen LogP contribution in [0.2, 0.25) is 5.02 Å². The van der Waals surface area contributed by atoms with E-state index in [-0.39, 0.29) is 0 Å². The molecule has 0 saturated carbocycles. The molecule has 1 aromatic carbocycles. The number of hydrogen-bond donors (Lipinski definition) is 2. The lowest BCUT2D eigenvalue weighted by atomic mass is 10.2. The maximum atomic E-state index is 11.6. The fraction of sp³-hybridized carbons (Fsp3) is 0.286. The van der Waals surface area contributed by atoms with Gasteiger partial charge in [0.15, 0.2) is 0 Å². The van der Waals surface area contributed by atoms with E-state index < -0.39 is 17.9 Å². The number of aliphatic carboxylic acids is 1. The standard InChI is InChI=1S/C14H16ClNO4/c1-3-20-12-6-5-11(15)8-10(12)4-7-13(17)16-9(2)14(18)19/h4-9H,3H2,1-2H3,(H,16,17)(H,18,19)/b7-4+. The summed E-state index contributed by atoms with van der Waals surface area (Å²) in [4.78, 5) is 22.2. The molecule has 108 valence electrons. The molecule has 1 rings (SSSR count). The van der Waals surface area contributed by atoms with E-state index in [9.17, 15) is 9.59 Å². The normalized spacial score (nSPS) is 12.2. The zero-order valence-corrected chi connectivity index (χ0v) is 12.0. The van der Waals surface area contributed by atoms with Gasteiger partial charge in [-0.2, -0.15) is 0 Å².